The van der Waals surface area contributed by atoms with Gasteiger partial charge in [0.15, 0.2) is 0 Å². The van der Waals surface area contributed by atoms with Crippen LogP contribution in [0, 0.1) is 0 Å². The van der Waals surface area contributed by atoms with E-state index in [9.17, 15) is 5.11 Å². The minimum absolute atomic E-state index is 0.261. The zero-order chi connectivity index (χ0) is 9.42. The molecule has 2 atom stereocenters. The summed E-state index contributed by atoms with van der Waals surface area (Å²) in [6.45, 7) is 0.261. The molecule has 4 heteroatoms. The number of benzene rings is 1. The van der Waals surface area contributed by atoms with Crippen molar-refractivity contribution >= 4 is 15.9 Å². The average molecular weight is 244 g/mol. The van der Waals surface area contributed by atoms with Crippen molar-refractivity contribution in [2.45, 2.75) is 12.1 Å². The normalized spacial score (nSPS) is 26.4. The van der Waals surface area contributed by atoms with Crippen molar-refractivity contribution < 1.29 is 9.84 Å². The van der Waals surface area contributed by atoms with Crippen LogP contribution in [0.2, 0.25) is 0 Å². The standard InChI is InChI=1S/C9H10BrNO2/c10-6-3-1-2-5-8(11)7(12)4-13-9(5)6/h1-3,7-8,12H,4,11H2/t7-,8+/m0/s1. The van der Waals surface area contributed by atoms with E-state index in [1.54, 1.807) is 0 Å². The second kappa shape index (κ2) is 3.29. The van der Waals surface area contributed by atoms with Crippen molar-refractivity contribution in [3.8, 4) is 5.75 Å². The van der Waals surface area contributed by atoms with Gasteiger partial charge in [-0.3, -0.25) is 0 Å². The summed E-state index contributed by atoms with van der Waals surface area (Å²) in [7, 11) is 0. The lowest BCUT2D eigenvalue weighted by molar-refractivity contribution is 0.0674. The zero-order valence-electron chi connectivity index (χ0n) is 6.90. The number of para-hydroxylation sites is 1. The quantitative estimate of drug-likeness (QED) is 0.721. The van der Waals surface area contributed by atoms with E-state index in [2.05, 4.69) is 15.9 Å². The first-order valence-electron chi connectivity index (χ1n) is 4.05. The molecule has 0 fully saturated rings. The van der Waals surface area contributed by atoms with Gasteiger partial charge in [0.2, 0.25) is 0 Å². The van der Waals surface area contributed by atoms with Crippen molar-refractivity contribution in [3.63, 3.8) is 0 Å². The molecule has 1 aliphatic heterocycles. The molecule has 70 valence electrons. The molecule has 1 aromatic rings. The molecule has 0 saturated carbocycles. The predicted molar refractivity (Wildman–Crippen MR) is 52.6 cm³/mol. The molecule has 3 nitrogen and oxygen atoms in total. The molecule has 0 spiro atoms. The summed E-state index contributed by atoms with van der Waals surface area (Å²) in [6, 6.07) is 5.29. The number of aliphatic hydroxyl groups is 1. The minimum Gasteiger partial charge on any atom is -0.489 e. The molecule has 2 rings (SSSR count). The number of hydrogen-bond donors (Lipinski definition) is 2. The van der Waals surface area contributed by atoms with E-state index in [0.717, 1.165) is 15.8 Å². The summed E-state index contributed by atoms with van der Waals surface area (Å²) in [5.74, 6) is 0.750. The second-order valence-corrected chi connectivity index (χ2v) is 3.92. The van der Waals surface area contributed by atoms with Gasteiger partial charge in [0, 0.05) is 5.56 Å². The van der Waals surface area contributed by atoms with Gasteiger partial charge in [-0.05, 0) is 22.0 Å². The van der Waals surface area contributed by atoms with Crippen LogP contribution in [0.5, 0.6) is 5.75 Å². The third kappa shape index (κ3) is 1.45. The van der Waals surface area contributed by atoms with Crippen LogP contribution in [-0.4, -0.2) is 17.8 Å². The molecule has 0 aliphatic carbocycles. The number of hydrogen-bond acceptors (Lipinski definition) is 3. The number of nitrogens with two attached hydrogens (primary N) is 1. The predicted octanol–water partition coefficient (Wildman–Crippen LogP) is 1.20. The van der Waals surface area contributed by atoms with Crippen LogP contribution in [0.3, 0.4) is 0 Å². The van der Waals surface area contributed by atoms with Gasteiger partial charge in [-0.1, -0.05) is 12.1 Å². The van der Waals surface area contributed by atoms with Crippen LogP contribution in [0.15, 0.2) is 22.7 Å². The SMILES string of the molecule is N[C@@H]1c2cccc(Br)c2OC[C@@H]1O. The van der Waals surface area contributed by atoms with Crippen molar-refractivity contribution in [1.29, 1.82) is 0 Å². The first-order valence-corrected chi connectivity index (χ1v) is 4.84. The van der Waals surface area contributed by atoms with Crippen molar-refractivity contribution in [1.82, 2.24) is 0 Å². The Kier molecular flexibility index (Phi) is 2.27. The third-order valence-corrected chi connectivity index (χ3v) is 2.79. The van der Waals surface area contributed by atoms with Gasteiger partial charge >= 0.3 is 0 Å². The number of fused-ring (bicyclic) bond motifs is 1. The van der Waals surface area contributed by atoms with E-state index in [1.165, 1.54) is 0 Å². The van der Waals surface area contributed by atoms with Gasteiger partial charge < -0.3 is 15.6 Å². The van der Waals surface area contributed by atoms with Crippen LogP contribution >= 0.6 is 15.9 Å². The summed E-state index contributed by atoms with van der Waals surface area (Å²) in [6.07, 6.45) is -0.609. The summed E-state index contributed by atoms with van der Waals surface area (Å²) in [4.78, 5) is 0. The molecule has 3 N–H and O–H groups in total. The highest BCUT2D eigenvalue weighted by Gasteiger charge is 2.27. The fraction of sp³-hybridized carbons (Fsp3) is 0.333. The lowest BCUT2D eigenvalue weighted by Gasteiger charge is -2.28. The molecule has 1 aliphatic rings. The molecule has 0 radical (unpaired) electrons. The molecule has 1 aromatic carbocycles. The maximum atomic E-state index is 9.45. The molecule has 0 amide bonds. The molecule has 0 saturated heterocycles. The van der Waals surface area contributed by atoms with E-state index < -0.39 is 6.10 Å². The Labute approximate surface area is 84.6 Å². The summed E-state index contributed by atoms with van der Waals surface area (Å²) >= 11 is 3.37. The van der Waals surface area contributed by atoms with E-state index in [1.807, 2.05) is 18.2 Å². The highest BCUT2D eigenvalue weighted by Crippen LogP contribution is 2.36. The van der Waals surface area contributed by atoms with Crippen molar-refractivity contribution in [2.24, 2.45) is 5.73 Å². The Hall–Kier alpha value is -0.580. The average Bonchev–Trinajstić information content (AvgIpc) is 2.12. The molecular weight excluding hydrogens is 234 g/mol. The van der Waals surface area contributed by atoms with Gasteiger partial charge in [0.25, 0.3) is 0 Å². The Bertz CT molecular complexity index is 329. The van der Waals surface area contributed by atoms with E-state index in [-0.39, 0.29) is 12.6 Å². The maximum absolute atomic E-state index is 9.45. The van der Waals surface area contributed by atoms with E-state index in [0.29, 0.717) is 0 Å². The van der Waals surface area contributed by atoms with Crippen LogP contribution in [0.25, 0.3) is 0 Å². The highest BCUT2D eigenvalue weighted by molar-refractivity contribution is 9.10. The molecule has 0 unspecified atom stereocenters. The summed E-state index contributed by atoms with van der Waals surface area (Å²) < 4.78 is 6.24. The first kappa shape index (κ1) is 8.99. The van der Waals surface area contributed by atoms with E-state index in [4.69, 9.17) is 10.5 Å². The molecular formula is C9H10BrNO2. The van der Waals surface area contributed by atoms with Gasteiger partial charge in [0.05, 0.1) is 10.5 Å². The van der Waals surface area contributed by atoms with E-state index >= 15 is 0 Å². The number of ether oxygens (including phenoxy) is 1. The molecule has 1 heterocycles. The van der Waals surface area contributed by atoms with Crippen LogP contribution < -0.4 is 10.5 Å². The van der Waals surface area contributed by atoms with Gasteiger partial charge in [0.1, 0.15) is 18.5 Å². The Morgan fingerprint density at radius 2 is 2.31 bits per heavy atom. The van der Waals surface area contributed by atoms with Gasteiger partial charge in [-0.15, -0.1) is 0 Å². The fourth-order valence-electron chi connectivity index (χ4n) is 1.42. The first-order chi connectivity index (χ1) is 6.20. The number of aliphatic hydroxyl groups excluding tert-OH is 1. The summed E-state index contributed by atoms with van der Waals surface area (Å²) in [5, 5.41) is 9.45. The van der Waals surface area contributed by atoms with Crippen molar-refractivity contribution in [3.05, 3.63) is 28.2 Å². The minimum atomic E-state index is -0.609. The highest BCUT2D eigenvalue weighted by atomic mass is 79.9. The van der Waals surface area contributed by atoms with Crippen LogP contribution in [0.1, 0.15) is 11.6 Å². The largest absolute Gasteiger partial charge is 0.489 e. The molecule has 0 aromatic heterocycles. The number of halogens is 1. The van der Waals surface area contributed by atoms with Crippen molar-refractivity contribution in [2.75, 3.05) is 6.61 Å². The molecule has 13 heavy (non-hydrogen) atoms. The topological polar surface area (TPSA) is 55.5 Å². The number of rotatable bonds is 0. The van der Waals surface area contributed by atoms with Crippen LogP contribution in [-0.2, 0) is 0 Å². The van der Waals surface area contributed by atoms with Gasteiger partial charge in [-0.2, -0.15) is 0 Å². The Morgan fingerprint density at radius 3 is 3.08 bits per heavy atom. The molecule has 0 bridgehead atoms. The van der Waals surface area contributed by atoms with Gasteiger partial charge in [-0.25, -0.2) is 0 Å². The van der Waals surface area contributed by atoms with Crippen LogP contribution in [0.4, 0.5) is 0 Å². The zero-order valence-corrected chi connectivity index (χ0v) is 8.49. The smallest absolute Gasteiger partial charge is 0.138 e. The maximum Gasteiger partial charge on any atom is 0.138 e. The summed E-state index contributed by atoms with van der Waals surface area (Å²) in [5.41, 5.74) is 6.66. The Balaban J connectivity index is 2.49. The lowest BCUT2D eigenvalue weighted by Crippen LogP contribution is -2.35. The second-order valence-electron chi connectivity index (χ2n) is 3.06. The third-order valence-electron chi connectivity index (χ3n) is 2.17. The fourth-order valence-corrected chi connectivity index (χ4v) is 1.92. The Morgan fingerprint density at radius 1 is 1.54 bits per heavy atom. The monoisotopic (exact) mass is 243 g/mol. The lowest BCUT2D eigenvalue weighted by atomic mass is 9.99.